The Morgan fingerprint density at radius 3 is 2.33 bits per heavy atom. The highest BCUT2D eigenvalue weighted by atomic mass is 32.1. The Morgan fingerprint density at radius 1 is 1.00 bits per heavy atom. The molecule has 3 aromatic rings. The number of amides is 1. The van der Waals surface area contributed by atoms with Crippen molar-refractivity contribution < 1.29 is 12.4 Å². The number of aromatic nitrogens is 1. The second-order valence-electron chi connectivity index (χ2n) is 6.87. The van der Waals surface area contributed by atoms with Crippen LogP contribution >= 0.6 is 11.3 Å². The summed E-state index contributed by atoms with van der Waals surface area (Å²) in [7, 11) is 0. The number of carbonyl (C=O) groups is 1. The molecular weight excluding hydrogens is 356 g/mol. The molecule has 1 aliphatic carbocycles. The van der Waals surface area contributed by atoms with Crippen LogP contribution in [0.2, 0.25) is 0 Å². The first-order chi connectivity index (χ1) is 13.2. The summed E-state index contributed by atoms with van der Waals surface area (Å²) >= 11 is 1.46. The highest BCUT2D eigenvalue weighted by molar-refractivity contribution is 7.14. The van der Waals surface area contributed by atoms with E-state index in [4.69, 9.17) is 15.5 Å². The molecule has 1 saturated carbocycles. The Morgan fingerprint density at radius 2 is 1.67 bits per heavy atom. The molecule has 4 nitrogen and oxygen atoms in total. The van der Waals surface area contributed by atoms with Crippen molar-refractivity contribution in [1.29, 1.82) is 0 Å². The maximum Gasteiger partial charge on any atom is 0.261 e. The van der Waals surface area contributed by atoms with Gasteiger partial charge in [0.05, 0.1) is 10.7 Å². The number of nitrogens with zero attached hydrogens (tertiary/aromatic N) is 1. The van der Waals surface area contributed by atoms with Crippen LogP contribution in [0.5, 0.6) is 11.5 Å². The van der Waals surface area contributed by atoms with E-state index in [1.54, 1.807) is 0 Å². The number of primary amides is 1. The van der Waals surface area contributed by atoms with E-state index >= 15 is 0 Å². The summed E-state index contributed by atoms with van der Waals surface area (Å²) in [6, 6.07) is 17.3. The molecule has 142 valence electrons. The lowest BCUT2D eigenvalue weighted by molar-refractivity contribution is 0.100. The quantitative estimate of drug-likeness (QED) is 0.568. The van der Waals surface area contributed by atoms with Crippen LogP contribution in [0.3, 0.4) is 0 Å². The van der Waals surface area contributed by atoms with Crippen molar-refractivity contribution in [2.75, 3.05) is 0 Å². The summed E-state index contributed by atoms with van der Waals surface area (Å²) in [5.41, 5.74) is 7.22. The van der Waals surface area contributed by atoms with Gasteiger partial charge in [-0.25, -0.2) is 4.98 Å². The number of para-hydroxylation sites is 1. The number of benzene rings is 2. The highest BCUT2D eigenvalue weighted by Gasteiger charge is 2.24. The van der Waals surface area contributed by atoms with Gasteiger partial charge in [-0.05, 0) is 49.2 Å². The van der Waals surface area contributed by atoms with Gasteiger partial charge in [-0.1, -0.05) is 37.5 Å². The van der Waals surface area contributed by atoms with Crippen LogP contribution in [0.1, 0.15) is 55.6 Å². The molecule has 0 atom stereocenters. The first-order valence-electron chi connectivity index (χ1n) is 9.34. The molecule has 27 heavy (non-hydrogen) atoms. The molecule has 5 heteroatoms. The fraction of sp³-hybridized carbons (Fsp3) is 0.273. The van der Waals surface area contributed by atoms with Crippen molar-refractivity contribution in [1.82, 2.24) is 4.98 Å². The third-order valence-corrected chi connectivity index (χ3v) is 6.16. The minimum atomic E-state index is -0.408. The number of rotatable bonds is 5. The Hall–Kier alpha value is -2.66. The first kappa shape index (κ1) is 17.7. The van der Waals surface area contributed by atoms with Gasteiger partial charge in [0.25, 0.3) is 5.91 Å². The molecule has 4 rings (SSSR count). The average Bonchev–Trinajstić information content (AvgIpc) is 3.16. The lowest BCUT2D eigenvalue weighted by Crippen LogP contribution is -2.10. The summed E-state index contributed by atoms with van der Waals surface area (Å²) in [6.07, 6.45) is 6.05. The van der Waals surface area contributed by atoms with E-state index < -0.39 is 5.91 Å². The first-order valence-corrected chi connectivity index (χ1v) is 10.2. The zero-order chi connectivity index (χ0) is 18.6. The van der Waals surface area contributed by atoms with Crippen molar-refractivity contribution in [2.24, 2.45) is 5.73 Å². The summed E-state index contributed by atoms with van der Waals surface area (Å²) in [6.45, 7) is 0. The molecule has 2 N–H and O–H groups in total. The third-order valence-electron chi connectivity index (χ3n) is 4.93. The Balaban J connectivity index is 0.00000150. The molecule has 1 fully saturated rings. The zero-order valence-corrected chi connectivity index (χ0v) is 15.9. The monoisotopic (exact) mass is 382 g/mol. The molecule has 0 aliphatic heterocycles. The Kier molecular flexibility index (Phi) is 5.21. The molecule has 1 aliphatic rings. The average molecular weight is 383 g/mol. The van der Waals surface area contributed by atoms with E-state index in [2.05, 4.69) is 0 Å². The topological polar surface area (TPSA) is 65.2 Å². The number of thiazole rings is 1. The highest BCUT2D eigenvalue weighted by Crippen LogP contribution is 2.38. The predicted octanol–water partition coefficient (Wildman–Crippen LogP) is 6.24. The largest absolute Gasteiger partial charge is 0.457 e. The summed E-state index contributed by atoms with van der Waals surface area (Å²) in [5.74, 6) is 1.58. The molecule has 0 bridgehead atoms. The molecule has 2 aromatic carbocycles. The van der Waals surface area contributed by atoms with Gasteiger partial charge in [0.2, 0.25) is 0 Å². The molecule has 0 unspecified atom stereocenters. The number of ether oxygens (including phenoxy) is 1. The van der Waals surface area contributed by atoms with Crippen molar-refractivity contribution in [3.05, 3.63) is 64.5 Å². The van der Waals surface area contributed by atoms with Gasteiger partial charge in [0.15, 0.2) is 0 Å². The van der Waals surface area contributed by atoms with E-state index in [0.717, 1.165) is 34.9 Å². The van der Waals surface area contributed by atoms with Gasteiger partial charge >= 0.3 is 0 Å². The normalized spacial score (nSPS) is 14.8. The van der Waals surface area contributed by atoms with E-state index in [9.17, 15) is 4.79 Å². The van der Waals surface area contributed by atoms with E-state index in [1.807, 2.05) is 54.6 Å². The second-order valence-corrected chi connectivity index (χ2v) is 7.90. The number of hydrogen-bond donors (Lipinski definition) is 1. The molecule has 0 spiro atoms. The van der Waals surface area contributed by atoms with Crippen LogP contribution in [-0.4, -0.2) is 10.9 Å². The van der Waals surface area contributed by atoms with Gasteiger partial charge in [-0.3, -0.25) is 4.79 Å². The number of carbonyl (C=O) groups excluding carboxylic acids is 1. The van der Waals surface area contributed by atoms with E-state index in [1.165, 1.54) is 30.6 Å². The fourth-order valence-electron chi connectivity index (χ4n) is 3.53. The van der Waals surface area contributed by atoms with Gasteiger partial charge in [0.1, 0.15) is 16.4 Å². The Labute approximate surface area is 166 Å². The van der Waals surface area contributed by atoms with Crippen LogP contribution in [0.25, 0.3) is 11.3 Å². The SMILES string of the molecule is NC(=O)c1sc(C2CCCCC2)nc1-c1ccc(Oc2ccccc2)cc1.[HH].[HH]. The lowest BCUT2D eigenvalue weighted by atomic mass is 9.90. The number of hydrogen-bond acceptors (Lipinski definition) is 4. The number of nitrogens with two attached hydrogens (primary N) is 1. The van der Waals surface area contributed by atoms with Crippen LogP contribution in [0, 0.1) is 0 Å². The molecule has 0 radical (unpaired) electrons. The second kappa shape index (κ2) is 7.92. The van der Waals surface area contributed by atoms with Gasteiger partial charge in [-0.2, -0.15) is 0 Å². The molecule has 0 saturated heterocycles. The van der Waals surface area contributed by atoms with Crippen molar-refractivity contribution in [3.8, 4) is 22.8 Å². The Bertz CT molecular complexity index is 924. The van der Waals surface area contributed by atoms with Crippen LogP contribution < -0.4 is 10.5 Å². The predicted molar refractivity (Wildman–Crippen MR) is 113 cm³/mol. The zero-order valence-electron chi connectivity index (χ0n) is 15.1. The standard InChI is InChI=1S/C22H22N2O2S.2H2/c23-21(25)20-19(24-22(27-20)16-7-3-1-4-8-16)15-11-13-18(14-12-15)26-17-9-5-2-6-10-17;;/h2,5-6,9-14,16H,1,3-4,7-8H2,(H2,23,25);2*1H. The van der Waals surface area contributed by atoms with E-state index in [-0.39, 0.29) is 2.85 Å². The van der Waals surface area contributed by atoms with Gasteiger partial charge in [-0.15, -0.1) is 11.3 Å². The van der Waals surface area contributed by atoms with Gasteiger partial charge < -0.3 is 10.5 Å². The van der Waals surface area contributed by atoms with E-state index in [0.29, 0.717) is 16.5 Å². The van der Waals surface area contributed by atoms with Crippen LogP contribution in [0.15, 0.2) is 54.6 Å². The summed E-state index contributed by atoms with van der Waals surface area (Å²) < 4.78 is 5.84. The van der Waals surface area contributed by atoms with Crippen molar-refractivity contribution in [3.63, 3.8) is 0 Å². The third kappa shape index (κ3) is 4.03. The summed E-state index contributed by atoms with van der Waals surface area (Å²) in [5, 5.41) is 1.04. The smallest absolute Gasteiger partial charge is 0.261 e. The van der Waals surface area contributed by atoms with Crippen molar-refractivity contribution in [2.45, 2.75) is 38.0 Å². The lowest BCUT2D eigenvalue weighted by Gasteiger charge is -2.18. The van der Waals surface area contributed by atoms with Gasteiger partial charge in [0, 0.05) is 14.3 Å². The summed E-state index contributed by atoms with van der Waals surface area (Å²) in [4.78, 5) is 17.3. The maximum atomic E-state index is 12.0. The maximum absolute atomic E-state index is 12.0. The minimum absolute atomic E-state index is 0. The van der Waals surface area contributed by atoms with Crippen molar-refractivity contribution >= 4 is 17.2 Å². The molecule has 1 amide bonds. The minimum Gasteiger partial charge on any atom is -0.457 e. The fourth-order valence-corrected chi connectivity index (χ4v) is 4.64. The van der Waals surface area contributed by atoms with Crippen LogP contribution in [0.4, 0.5) is 0 Å². The molecule has 1 aromatic heterocycles. The van der Waals surface area contributed by atoms with Crippen LogP contribution in [-0.2, 0) is 0 Å². The molecular formula is C22H26N2O2S. The molecule has 1 heterocycles.